The van der Waals surface area contributed by atoms with Gasteiger partial charge in [-0.25, -0.2) is 4.79 Å². The highest BCUT2D eigenvalue weighted by Crippen LogP contribution is 2.17. The van der Waals surface area contributed by atoms with E-state index in [-0.39, 0.29) is 18.9 Å². The van der Waals surface area contributed by atoms with Crippen molar-refractivity contribution in [2.45, 2.75) is 13.3 Å². The van der Waals surface area contributed by atoms with Gasteiger partial charge in [-0.3, -0.25) is 14.4 Å². The lowest BCUT2D eigenvalue weighted by Crippen LogP contribution is -2.27. The number of carbonyl (C=O) groups excluding carboxylic acids is 4. The van der Waals surface area contributed by atoms with E-state index >= 15 is 0 Å². The van der Waals surface area contributed by atoms with Crippen molar-refractivity contribution in [1.82, 2.24) is 5.32 Å². The summed E-state index contributed by atoms with van der Waals surface area (Å²) in [5, 5.41) is 6.97. The van der Waals surface area contributed by atoms with Gasteiger partial charge in [0.2, 0.25) is 0 Å². The van der Waals surface area contributed by atoms with E-state index in [4.69, 9.17) is 4.74 Å². The third kappa shape index (κ3) is 6.20. The zero-order valence-corrected chi connectivity index (χ0v) is 16.3. The van der Waals surface area contributed by atoms with Crippen LogP contribution in [-0.2, 0) is 19.1 Å². The normalized spacial score (nSPS) is 10.1. The van der Waals surface area contributed by atoms with Gasteiger partial charge in [0, 0.05) is 12.2 Å². The second-order valence-corrected chi connectivity index (χ2v) is 6.66. The molecule has 0 aliphatic carbocycles. The predicted octanol–water partition coefficient (Wildman–Crippen LogP) is 2.14. The topological polar surface area (TPSA) is 111 Å². The molecule has 1 aromatic heterocycles. The van der Waals surface area contributed by atoms with Crippen LogP contribution in [0.2, 0.25) is 0 Å². The predicted molar refractivity (Wildman–Crippen MR) is 103 cm³/mol. The van der Waals surface area contributed by atoms with Crippen molar-refractivity contribution in [2.75, 3.05) is 25.6 Å². The largest absolute Gasteiger partial charge is 0.465 e. The third-order valence-corrected chi connectivity index (χ3v) is 4.53. The Morgan fingerprint density at radius 2 is 1.93 bits per heavy atom. The first-order chi connectivity index (χ1) is 13.4. The number of amides is 2. The Morgan fingerprint density at radius 3 is 2.61 bits per heavy atom. The number of nitrogens with one attached hydrogen (secondary N) is 2. The quantitative estimate of drug-likeness (QED) is 0.652. The smallest absolute Gasteiger partial charge is 0.337 e. The second kappa shape index (κ2) is 10.2. The van der Waals surface area contributed by atoms with Crippen LogP contribution in [0.4, 0.5) is 5.69 Å². The number of esters is 2. The molecule has 1 heterocycles. The highest BCUT2D eigenvalue weighted by Gasteiger charge is 2.13. The van der Waals surface area contributed by atoms with Gasteiger partial charge in [-0.05, 0) is 36.1 Å². The van der Waals surface area contributed by atoms with E-state index in [0.717, 1.165) is 5.56 Å². The molecule has 0 saturated carbocycles. The van der Waals surface area contributed by atoms with Crippen LogP contribution >= 0.6 is 11.3 Å². The summed E-state index contributed by atoms with van der Waals surface area (Å²) in [6.45, 7) is 1.40. The number of ether oxygens (including phenoxy) is 2. The molecule has 0 spiro atoms. The molecule has 0 bridgehead atoms. The minimum atomic E-state index is -0.610. The molecule has 2 N–H and O–H groups in total. The average molecular weight is 404 g/mol. The van der Waals surface area contributed by atoms with E-state index in [2.05, 4.69) is 15.4 Å². The molecular formula is C19H20N2O6S. The monoisotopic (exact) mass is 404 g/mol. The molecular weight excluding hydrogens is 384 g/mol. The molecule has 2 aromatic rings. The maximum absolute atomic E-state index is 12.0. The Kier molecular flexibility index (Phi) is 7.70. The van der Waals surface area contributed by atoms with E-state index in [1.165, 1.54) is 24.5 Å². The van der Waals surface area contributed by atoms with Gasteiger partial charge in [0.1, 0.15) is 0 Å². The molecule has 1 aromatic carbocycles. The summed E-state index contributed by atoms with van der Waals surface area (Å²) in [6, 6.07) is 8.18. The van der Waals surface area contributed by atoms with Crippen molar-refractivity contribution in [2.24, 2.45) is 0 Å². The van der Waals surface area contributed by atoms with E-state index < -0.39 is 24.5 Å². The van der Waals surface area contributed by atoms with Crippen LogP contribution in [0, 0.1) is 6.92 Å². The van der Waals surface area contributed by atoms with Gasteiger partial charge in [0.25, 0.3) is 11.8 Å². The molecule has 0 saturated heterocycles. The summed E-state index contributed by atoms with van der Waals surface area (Å²) in [4.78, 5) is 47.5. The number of aryl methyl sites for hydroxylation is 1. The van der Waals surface area contributed by atoms with Gasteiger partial charge < -0.3 is 20.1 Å². The van der Waals surface area contributed by atoms with Gasteiger partial charge in [-0.1, -0.05) is 12.1 Å². The molecule has 0 aliphatic heterocycles. The fourth-order valence-corrected chi connectivity index (χ4v) is 2.82. The molecule has 9 heteroatoms. The zero-order chi connectivity index (χ0) is 20.5. The number of rotatable bonds is 8. The second-order valence-electron chi connectivity index (χ2n) is 5.71. The SMILES string of the molecule is COC(=O)c1ccc(C)c(NC(=O)COC(=O)CCNC(=O)c2cccs2)c1. The lowest BCUT2D eigenvalue weighted by molar-refractivity contribution is -0.147. The van der Waals surface area contributed by atoms with Crippen LogP contribution in [0.3, 0.4) is 0 Å². The van der Waals surface area contributed by atoms with Gasteiger partial charge in [0.15, 0.2) is 6.61 Å². The third-order valence-electron chi connectivity index (χ3n) is 3.66. The van der Waals surface area contributed by atoms with Crippen molar-refractivity contribution in [1.29, 1.82) is 0 Å². The van der Waals surface area contributed by atoms with Crippen molar-refractivity contribution >= 4 is 40.8 Å². The van der Waals surface area contributed by atoms with E-state index in [0.29, 0.717) is 16.1 Å². The molecule has 0 aliphatic rings. The number of hydrogen-bond acceptors (Lipinski definition) is 7. The van der Waals surface area contributed by atoms with Crippen LogP contribution in [-0.4, -0.2) is 44.0 Å². The summed E-state index contributed by atoms with van der Waals surface area (Å²) in [5.41, 5.74) is 1.46. The molecule has 0 fully saturated rings. The molecule has 28 heavy (non-hydrogen) atoms. The van der Waals surface area contributed by atoms with Crippen molar-refractivity contribution in [3.63, 3.8) is 0 Å². The van der Waals surface area contributed by atoms with Crippen LogP contribution < -0.4 is 10.6 Å². The van der Waals surface area contributed by atoms with E-state index in [1.54, 1.807) is 36.6 Å². The minimum Gasteiger partial charge on any atom is -0.465 e. The summed E-state index contributed by atoms with van der Waals surface area (Å²) < 4.78 is 9.54. The number of methoxy groups -OCH3 is 1. The zero-order valence-electron chi connectivity index (χ0n) is 15.4. The number of hydrogen-bond donors (Lipinski definition) is 2. The van der Waals surface area contributed by atoms with Crippen LogP contribution in [0.1, 0.15) is 32.0 Å². The first-order valence-electron chi connectivity index (χ1n) is 8.37. The van der Waals surface area contributed by atoms with Gasteiger partial charge in [-0.2, -0.15) is 0 Å². The van der Waals surface area contributed by atoms with Crippen molar-refractivity contribution < 1.29 is 28.7 Å². The summed E-state index contributed by atoms with van der Waals surface area (Å²) in [6.07, 6.45) is -0.0543. The maximum Gasteiger partial charge on any atom is 0.337 e. The van der Waals surface area contributed by atoms with Gasteiger partial charge in [0.05, 0.1) is 24.0 Å². The van der Waals surface area contributed by atoms with E-state index in [1.807, 2.05) is 0 Å². The fraction of sp³-hybridized carbons (Fsp3) is 0.263. The van der Waals surface area contributed by atoms with Gasteiger partial charge in [-0.15, -0.1) is 11.3 Å². The van der Waals surface area contributed by atoms with Crippen LogP contribution in [0.5, 0.6) is 0 Å². The maximum atomic E-state index is 12.0. The lowest BCUT2D eigenvalue weighted by atomic mass is 10.1. The highest BCUT2D eigenvalue weighted by molar-refractivity contribution is 7.12. The van der Waals surface area contributed by atoms with Crippen LogP contribution in [0.25, 0.3) is 0 Å². The Morgan fingerprint density at radius 1 is 1.14 bits per heavy atom. The fourth-order valence-electron chi connectivity index (χ4n) is 2.18. The molecule has 8 nitrogen and oxygen atoms in total. The molecule has 0 atom stereocenters. The molecule has 2 amide bonds. The first kappa shape index (κ1) is 21.1. The number of benzene rings is 1. The Bertz CT molecular complexity index is 863. The minimum absolute atomic E-state index is 0.0543. The molecule has 0 unspecified atom stereocenters. The number of thiophene rings is 1. The van der Waals surface area contributed by atoms with Crippen molar-refractivity contribution in [3.05, 3.63) is 51.7 Å². The van der Waals surface area contributed by atoms with Crippen molar-refractivity contribution in [3.8, 4) is 0 Å². The Balaban J connectivity index is 1.75. The Hall–Kier alpha value is -3.20. The molecule has 0 radical (unpaired) electrons. The highest BCUT2D eigenvalue weighted by atomic mass is 32.1. The molecule has 2 rings (SSSR count). The van der Waals surface area contributed by atoms with Gasteiger partial charge >= 0.3 is 11.9 Å². The van der Waals surface area contributed by atoms with Crippen LogP contribution in [0.15, 0.2) is 35.7 Å². The molecule has 148 valence electrons. The Labute approximate surface area is 165 Å². The summed E-state index contributed by atoms with van der Waals surface area (Å²) in [7, 11) is 1.27. The lowest BCUT2D eigenvalue weighted by Gasteiger charge is -2.10. The number of carbonyl (C=O) groups is 4. The number of anilines is 1. The van der Waals surface area contributed by atoms with E-state index in [9.17, 15) is 19.2 Å². The summed E-state index contributed by atoms with van der Waals surface area (Å²) in [5.74, 6) is -1.93. The first-order valence-corrected chi connectivity index (χ1v) is 9.25. The standard InChI is InChI=1S/C19H20N2O6S/c1-12-5-6-13(19(25)26-2)10-14(12)21-16(22)11-27-17(23)7-8-20-18(24)15-4-3-9-28-15/h3-6,9-10H,7-8,11H2,1-2H3,(H,20,24)(H,21,22). The average Bonchev–Trinajstić information content (AvgIpc) is 3.22. The summed E-state index contributed by atoms with van der Waals surface area (Å²) >= 11 is 1.30.